The molecule has 0 N–H and O–H groups in total. The van der Waals surface area contributed by atoms with Crippen LogP contribution in [0.15, 0.2) is 59.6 Å². The largest absolute Gasteiger partial charge is 0.471 e. The number of nitrogens with zero attached hydrogens (tertiary/aromatic N) is 9. The second-order valence-corrected chi connectivity index (χ2v) is 7.18. The summed E-state index contributed by atoms with van der Waals surface area (Å²) < 4.78 is 13.1. The highest BCUT2D eigenvalue weighted by Crippen LogP contribution is 2.26. The van der Waals surface area contributed by atoms with Gasteiger partial charge in [0.2, 0.25) is 11.7 Å². The highest BCUT2D eigenvalue weighted by Gasteiger charge is 2.19. The maximum absolute atomic E-state index is 5.82. The zero-order valence-electron chi connectivity index (χ0n) is 17.5. The number of pyridine rings is 1. The SMILES string of the molecule is Cc1ccc(OCc2c(-c3nc(-c4cccc(Cn5ncnn5)c4)no3)cnn2C)nc1. The van der Waals surface area contributed by atoms with Gasteiger partial charge in [-0.3, -0.25) is 4.68 Å². The van der Waals surface area contributed by atoms with Crippen molar-refractivity contribution < 1.29 is 9.26 Å². The molecule has 0 bridgehead atoms. The fourth-order valence-electron chi connectivity index (χ4n) is 3.18. The third-order valence-electron chi connectivity index (χ3n) is 4.86. The lowest BCUT2D eigenvalue weighted by Gasteiger charge is -2.07. The molecule has 0 aliphatic heterocycles. The van der Waals surface area contributed by atoms with Crippen LogP contribution in [0.25, 0.3) is 22.8 Å². The molecule has 5 aromatic rings. The van der Waals surface area contributed by atoms with E-state index < -0.39 is 0 Å². The molecule has 0 unspecified atom stereocenters. The molecule has 0 fully saturated rings. The fraction of sp³-hybridized carbons (Fsp3) is 0.190. The van der Waals surface area contributed by atoms with Gasteiger partial charge in [0.1, 0.15) is 6.61 Å². The quantitative estimate of drug-likeness (QED) is 0.384. The standard InChI is InChI=1S/C21H19N9O2/c1-14-6-7-19(22-9-14)31-12-18-17(10-24-29(18)2)21-26-20(27-32-21)16-5-3-4-15(8-16)11-30-25-13-23-28-30/h3-10,13H,11-12H2,1-2H3. The fourth-order valence-corrected chi connectivity index (χ4v) is 3.18. The predicted octanol–water partition coefficient (Wildman–Crippen LogP) is 2.45. The molecule has 4 aromatic heterocycles. The van der Waals surface area contributed by atoms with Crippen molar-refractivity contribution in [3.05, 3.63) is 71.9 Å². The van der Waals surface area contributed by atoms with Crippen molar-refractivity contribution in [2.75, 3.05) is 0 Å². The van der Waals surface area contributed by atoms with Crippen LogP contribution in [-0.2, 0) is 20.2 Å². The van der Waals surface area contributed by atoms with Crippen molar-refractivity contribution in [1.29, 1.82) is 0 Å². The predicted molar refractivity (Wildman–Crippen MR) is 112 cm³/mol. The van der Waals surface area contributed by atoms with Gasteiger partial charge >= 0.3 is 0 Å². The molecule has 0 aliphatic rings. The Morgan fingerprint density at radius 3 is 2.84 bits per heavy atom. The number of hydrogen-bond donors (Lipinski definition) is 0. The highest BCUT2D eigenvalue weighted by atomic mass is 16.5. The maximum Gasteiger partial charge on any atom is 0.261 e. The molecule has 11 nitrogen and oxygen atoms in total. The Kier molecular flexibility index (Phi) is 5.12. The van der Waals surface area contributed by atoms with Crippen molar-refractivity contribution in [2.24, 2.45) is 7.05 Å². The lowest BCUT2D eigenvalue weighted by molar-refractivity contribution is 0.283. The van der Waals surface area contributed by atoms with Crippen LogP contribution in [0.3, 0.4) is 0 Å². The van der Waals surface area contributed by atoms with Gasteiger partial charge in [-0.1, -0.05) is 29.4 Å². The first-order valence-electron chi connectivity index (χ1n) is 9.86. The molecular formula is C21H19N9O2. The first-order valence-corrected chi connectivity index (χ1v) is 9.86. The number of benzene rings is 1. The van der Waals surface area contributed by atoms with Crippen molar-refractivity contribution in [1.82, 2.24) is 45.1 Å². The van der Waals surface area contributed by atoms with Gasteiger partial charge in [-0.25, -0.2) is 4.98 Å². The molecule has 11 heteroatoms. The molecule has 32 heavy (non-hydrogen) atoms. The van der Waals surface area contributed by atoms with Gasteiger partial charge in [0, 0.05) is 24.9 Å². The number of ether oxygens (including phenoxy) is 1. The Morgan fingerprint density at radius 1 is 1.09 bits per heavy atom. The van der Waals surface area contributed by atoms with Crippen LogP contribution in [0.2, 0.25) is 0 Å². The molecule has 1 aromatic carbocycles. The Bertz CT molecular complexity index is 1320. The summed E-state index contributed by atoms with van der Waals surface area (Å²) in [5.41, 5.74) is 4.39. The normalized spacial score (nSPS) is 11.1. The number of tetrazole rings is 1. The smallest absolute Gasteiger partial charge is 0.261 e. The van der Waals surface area contributed by atoms with Gasteiger partial charge < -0.3 is 9.26 Å². The van der Waals surface area contributed by atoms with E-state index in [4.69, 9.17) is 9.26 Å². The molecule has 4 heterocycles. The first kappa shape index (κ1) is 19.5. The van der Waals surface area contributed by atoms with Crippen LogP contribution in [0.4, 0.5) is 0 Å². The lowest BCUT2D eigenvalue weighted by atomic mass is 10.1. The molecular weight excluding hydrogens is 410 g/mol. The van der Waals surface area contributed by atoms with Crippen molar-refractivity contribution in [3.8, 4) is 28.7 Å². The minimum absolute atomic E-state index is 0.264. The van der Waals surface area contributed by atoms with Gasteiger partial charge in [-0.2, -0.15) is 14.9 Å². The summed E-state index contributed by atoms with van der Waals surface area (Å²) >= 11 is 0. The van der Waals surface area contributed by atoms with E-state index >= 15 is 0 Å². The molecule has 0 spiro atoms. The third-order valence-corrected chi connectivity index (χ3v) is 4.86. The second kappa shape index (κ2) is 8.38. The van der Waals surface area contributed by atoms with Gasteiger partial charge in [0.25, 0.3) is 5.89 Å². The van der Waals surface area contributed by atoms with E-state index in [0.29, 0.717) is 29.7 Å². The van der Waals surface area contributed by atoms with Crippen molar-refractivity contribution in [2.45, 2.75) is 20.1 Å². The van der Waals surface area contributed by atoms with E-state index in [1.807, 2.05) is 50.4 Å². The summed E-state index contributed by atoms with van der Waals surface area (Å²) in [6.45, 7) is 2.74. The van der Waals surface area contributed by atoms with Gasteiger partial charge in [0.05, 0.1) is 24.0 Å². The van der Waals surface area contributed by atoms with E-state index in [9.17, 15) is 0 Å². The summed E-state index contributed by atoms with van der Waals surface area (Å²) in [6, 6.07) is 11.6. The van der Waals surface area contributed by atoms with E-state index in [-0.39, 0.29) is 6.61 Å². The second-order valence-electron chi connectivity index (χ2n) is 7.18. The van der Waals surface area contributed by atoms with E-state index in [1.54, 1.807) is 17.1 Å². The van der Waals surface area contributed by atoms with Crippen LogP contribution < -0.4 is 4.74 Å². The maximum atomic E-state index is 5.82. The van der Waals surface area contributed by atoms with Crippen LogP contribution >= 0.6 is 0 Å². The number of aryl methyl sites for hydroxylation is 2. The number of aromatic nitrogens is 9. The molecule has 0 radical (unpaired) electrons. The summed E-state index contributed by atoms with van der Waals surface area (Å²) in [5.74, 6) is 1.38. The molecule has 0 saturated carbocycles. The summed E-state index contributed by atoms with van der Waals surface area (Å²) in [5, 5.41) is 20.1. The Labute approximate surface area is 182 Å². The number of hydrogen-bond acceptors (Lipinski definition) is 9. The van der Waals surface area contributed by atoms with E-state index in [2.05, 4.69) is 35.6 Å². The molecule has 0 atom stereocenters. The van der Waals surface area contributed by atoms with Crippen molar-refractivity contribution >= 4 is 0 Å². The molecule has 0 amide bonds. The molecule has 0 aliphatic carbocycles. The van der Waals surface area contributed by atoms with E-state index in [0.717, 1.165) is 22.4 Å². The third kappa shape index (κ3) is 4.08. The topological polar surface area (TPSA) is 122 Å². The van der Waals surface area contributed by atoms with Gasteiger partial charge in [-0.05, 0) is 29.3 Å². The Hall–Kier alpha value is -4.41. The van der Waals surface area contributed by atoms with Crippen molar-refractivity contribution in [3.63, 3.8) is 0 Å². The molecule has 160 valence electrons. The van der Waals surface area contributed by atoms with Gasteiger partial charge in [-0.15, -0.1) is 10.2 Å². The van der Waals surface area contributed by atoms with Crippen LogP contribution in [-0.4, -0.2) is 45.1 Å². The average Bonchev–Trinajstić information content (AvgIpc) is 3.55. The summed E-state index contributed by atoms with van der Waals surface area (Å²) in [4.78, 5) is 10.4. The number of rotatable bonds is 7. The van der Waals surface area contributed by atoms with Crippen LogP contribution in [0.1, 0.15) is 16.8 Å². The minimum atomic E-state index is 0.264. The summed E-state index contributed by atoms with van der Waals surface area (Å²) in [7, 11) is 1.84. The van der Waals surface area contributed by atoms with Crippen LogP contribution in [0, 0.1) is 6.92 Å². The summed E-state index contributed by atoms with van der Waals surface area (Å²) in [6.07, 6.45) is 4.85. The zero-order valence-corrected chi connectivity index (χ0v) is 17.5. The average molecular weight is 429 g/mol. The first-order chi connectivity index (χ1) is 15.7. The zero-order chi connectivity index (χ0) is 21.9. The highest BCUT2D eigenvalue weighted by molar-refractivity contribution is 5.61. The Balaban J connectivity index is 1.36. The van der Waals surface area contributed by atoms with Gasteiger partial charge in [0.15, 0.2) is 6.33 Å². The monoisotopic (exact) mass is 429 g/mol. The van der Waals surface area contributed by atoms with E-state index in [1.165, 1.54) is 11.1 Å². The molecule has 5 rings (SSSR count). The minimum Gasteiger partial charge on any atom is -0.471 e. The lowest BCUT2D eigenvalue weighted by Crippen LogP contribution is -2.05. The Morgan fingerprint density at radius 2 is 2.03 bits per heavy atom. The van der Waals surface area contributed by atoms with Crippen LogP contribution in [0.5, 0.6) is 5.88 Å². The molecule has 0 saturated heterocycles.